The van der Waals surface area contributed by atoms with E-state index in [-0.39, 0.29) is 0 Å². The zero-order valence-corrected chi connectivity index (χ0v) is 7.97. The molecule has 1 aromatic carbocycles. The lowest BCUT2D eigenvalue weighted by Gasteiger charge is -2.32. The van der Waals surface area contributed by atoms with Gasteiger partial charge in [0.2, 0.25) is 0 Å². The van der Waals surface area contributed by atoms with Crippen LogP contribution < -0.4 is 4.90 Å². The topological polar surface area (TPSA) is 35.9 Å². The van der Waals surface area contributed by atoms with Gasteiger partial charge in [0.15, 0.2) is 0 Å². The predicted molar refractivity (Wildman–Crippen MR) is 56.0 cm³/mol. The fourth-order valence-corrected chi connectivity index (χ4v) is 1.67. The maximum atomic E-state index is 10.3. The van der Waals surface area contributed by atoms with Gasteiger partial charge in [-0.1, -0.05) is 18.2 Å². The normalized spacial score (nSPS) is 16.9. The minimum Gasteiger partial charge on any atom is -0.368 e. The van der Waals surface area contributed by atoms with Crippen LogP contribution in [-0.2, 0) is 0 Å². The summed E-state index contributed by atoms with van der Waals surface area (Å²) in [6, 6.07) is 10.2. The molecule has 1 aliphatic heterocycles. The summed E-state index contributed by atoms with van der Waals surface area (Å²) in [5.74, 6) is 0. The monoisotopic (exact) mass is 191 g/mol. The van der Waals surface area contributed by atoms with E-state index in [0.717, 1.165) is 26.2 Å². The van der Waals surface area contributed by atoms with E-state index in [4.69, 9.17) is 0 Å². The van der Waals surface area contributed by atoms with Gasteiger partial charge in [-0.15, -0.1) is 4.91 Å². The SMILES string of the molecule is O=NN1CCN(c2ccccc2)CC1. The number of benzene rings is 1. The summed E-state index contributed by atoms with van der Waals surface area (Å²) in [5.41, 5.74) is 1.22. The molecule has 0 saturated carbocycles. The van der Waals surface area contributed by atoms with Crippen molar-refractivity contribution in [3.63, 3.8) is 0 Å². The molecule has 1 heterocycles. The molecule has 0 aliphatic carbocycles. The zero-order valence-electron chi connectivity index (χ0n) is 7.97. The van der Waals surface area contributed by atoms with Crippen LogP contribution in [0.15, 0.2) is 35.6 Å². The molecule has 14 heavy (non-hydrogen) atoms. The van der Waals surface area contributed by atoms with Gasteiger partial charge < -0.3 is 4.90 Å². The lowest BCUT2D eigenvalue weighted by molar-refractivity contribution is 0.267. The molecular formula is C10H13N3O. The fourth-order valence-electron chi connectivity index (χ4n) is 1.67. The smallest absolute Gasteiger partial charge is 0.0568 e. The van der Waals surface area contributed by atoms with Crippen LogP contribution in [0.3, 0.4) is 0 Å². The lowest BCUT2D eigenvalue weighted by atomic mass is 10.2. The molecule has 0 amide bonds. The fraction of sp³-hybridized carbons (Fsp3) is 0.400. The van der Waals surface area contributed by atoms with Crippen LogP contribution in [-0.4, -0.2) is 31.2 Å². The van der Waals surface area contributed by atoms with Crippen LogP contribution in [0.4, 0.5) is 5.69 Å². The van der Waals surface area contributed by atoms with E-state index in [1.54, 1.807) is 5.01 Å². The largest absolute Gasteiger partial charge is 0.368 e. The summed E-state index contributed by atoms with van der Waals surface area (Å²) in [6.07, 6.45) is 0. The average molecular weight is 191 g/mol. The van der Waals surface area contributed by atoms with E-state index < -0.39 is 0 Å². The molecular weight excluding hydrogens is 178 g/mol. The third-order valence-electron chi connectivity index (χ3n) is 2.49. The Morgan fingerprint density at radius 3 is 2.21 bits per heavy atom. The highest BCUT2D eigenvalue weighted by molar-refractivity contribution is 5.46. The highest BCUT2D eigenvalue weighted by Crippen LogP contribution is 2.15. The van der Waals surface area contributed by atoms with Crippen molar-refractivity contribution in [2.24, 2.45) is 5.29 Å². The highest BCUT2D eigenvalue weighted by Gasteiger charge is 2.15. The number of nitroso groups, excluding NO2 is 1. The second-order valence-electron chi connectivity index (χ2n) is 3.36. The quantitative estimate of drug-likeness (QED) is 0.664. The Bertz CT molecular complexity index is 293. The van der Waals surface area contributed by atoms with Crippen molar-refractivity contribution in [3.8, 4) is 0 Å². The third kappa shape index (κ3) is 1.84. The average Bonchev–Trinajstić information content (AvgIpc) is 2.30. The highest BCUT2D eigenvalue weighted by atomic mass is 16.3. The van der Waals surface area contributed by atoms with Crippen molar-refractivity contribution in [2.45, 2.75) is 0 Å². The molecule has 0 unspecified atom stereocenters. The molecule has 1 aliphatic rings. The Morgan fingerprint density at radius 2 is 1.64 bits per heavy atom. The Labute approximate surface area is 83.1 Å². The van der Waals surface area contributed by atoms with E-state index >= 15 is 0 Å². The molecule has 2 rings (SSSR count). The Morgan fingerprint density at radius 1 is 1.00 bits per heavy atom. The molecule has 4 nitrogen and oxygen atoms in total. The summed E-state index contributed by atoms with van der Waals surface area (Å²) in [7, 11) is 0. The van der Waals surface area contributed by atoms with Crippen LogP contribution in [0.2, 0.25) is 0 Å². The van der Waals surface area contributed by atoms with Gasteiger partial charge in [0, 0.05) is 18.8 Å². The maximum absolute atomic E-state index is 10.3. The van der Waals surface area contributed by atoms with Gasteiger partial charge in [-0.3, -0.25) is 5.01 Å². The molecule has 0 radical (unpaired) electrons. The van der Waals surface area contributed by atoms with Gasteiger partial charge in [-0.2, -0.15) is 0 Å². The summed E-state index contributed by atoms with van der Waals surface area (Å²) in [4.78, 5) is 12.5. The van der Waals surface area contributed by atoms with Gasteiger partial charge in [0.25, 0.3) is 0 Å². The van der Waals surface area contributed by atoms with Crippen LogP contribution in [0.25, 0.3) is 0 Å². The number of para-hydroxylation sites is 1. The second-order valence-corrected chi connectivity index (χ2v) is 3.36. The number of hydrogen-bond acceptors (Lipinski definition) is 3. The summed E-state index contributed by atoms with van der Waals surface area (Å²) >= 11 is 0. The zero-order chi connectivity index (χ0) is 9.80. The van der Waals surface area contributed by atoms with E-state index in [1.807, 2.05) is 18.2 Å². The van der Waals surface area contributed by atoms with Crippen molar-refractivity contribution in [1.29, 1.82) is 0 Å². The van der Waals surface area contributed by atoms with Gasteiger partial charge in [-0.05, 0) is 12.1 Å². The predicted octanol–water partition coefficient (Wildman–Crippen LogP) is 1.49. The van der Waals surface area contributed by atoms with Crippen molar-refractivity contribution < 1.29 is 0 Å². The minimum absolute atomic E-state index is 0.721. The van der Waals surface area contributed by atoms with Crippen molar-refractivity contribution in [2.75, 3.05) is 31.1 Å². The standard InChI is InChI=1S/C10H13N3O/c14-11-13-8-6-12(7-9-13)10-4-2-1-3-5-10/h1-5H,6-9H2. The Kier molecular flexibility index (Phi) is 2.62. The number of piperazine rings is 1. The molecule has 1 aromatic rings. The molecule has 0 spiro atoms. The van der Waals surface area contributed by atoms with E-state index in [0.29, 0.717) is 0 Å². The van der Waals surface area contributed by atoms with Crippen molar-refractivity contribution in [3.05, 3.63) is 35.2 Å². The molecule has 74 valence electrons. The van der Waals surface area contributed by atoms with Crippen LogP contribution in [0.1, 0.15) is 0 Å². The number of anilines is 1. The molecule has 0 atom stereocenters. The molecule has 1 saturated heterocycles. The minimum atomic E-state index is 0.721. The number of rotatable bonds is 2. The first kappa shape index (κ1) is 8.99. The first-order chi connectivity index (χ1) is 6.90. The molecule has 4 heteroatoms. The molecule has 0 aromatic heterocycles. The lowest BCUT2D eigenvalue weighted by Crippen LogP contribution is -2.43. The molecule has 0 bridgehead atoms. The summed E-state index contributed by atoms with van der Waals surface area (Å²) in [6.45, 7) is 3.18. The second kappa shape index (κ2) is 4.09. The number of nitrogens with zero attached hydrogens (tertiary/aromatic N) is 3. The molecule has 1 fully saturated rings. The van der Waals surface area contributed by atoms with Gasteiger partial charge >= 0.3 is 0 Å². The first-order valence-corrected chi connectivity index (χ1v) is 4.78. The third-order valence-corrected chi connectivity index (χ3v) is 2.49. The Balaban J connectivity index is 1.99. The first-order valence-electron chi connectivity index (χ1n) is 4.78. The summed E-state index contributed by atoms with van der Waals surface area (Å²) < 4.78 is 0. The summed E-state index contributed by atoms with van der Waals surface area (Å²) in [5, 5.41) is 4.50. The van der Waals surface area contributed by atoms with E-state index in [1.165, 1.54) is 5.69 Å². The van der Waals surface area contributed by atoms with E-state index in [9.17, 15) is 4.91 Å². The van der Waals surface area contributed by atoms with E-state index in [2.05, 4.69) is 22.3 Å². The number of hydrogen-bond donors (Lipinski definition) is 0. The van der Waals surface area contributed by atoms with Gasteiger partial charge in [-0.25, -0.2) is 0 Å². The Hall–Kier alpha value is -1.58. The maximum Gasteiger partial charge on any atom is 0.0568 e. The molecule has 0 N–H and O–H groups in total. The van der Waals surface area contributed by atoms with Gasteiger partial charge in [0.1, 0.15) is 0 Å². The van der Waals surface area contributed by atoms with Crippen LogP contribution in [0.5, 0.6) is 0 Å². The van der Waals surface area contributed by atoms with Crippen LogP contribution >= 0.6 is 0 Å². The van der Waals surface area contributed by atoms with Crippen molar-refractivity contribution >= 4 is 5.69 Å². The van der Waals surface area contributed by atoms with Crippen molar-refractivity contribution in [1.82, 2.24) is 5.01 Å². The van der Waals surface area contributed by atoms with Crippen LogP contribution in [0, 0.1) is 4.91 Å². The van der Waals surface area contributed by atoms with Gasteiger partial charge in [0.05, 0.1) is 18.4 Å².